The van der Waals surface area contributed by atoms with Crippen LogP contribution < -0.4 is 0 Å². The second-order valence-electron chi connectivity index (χ2n) is 2.74. The molecule has 0 bridgehead atoms. The van der Waals surface area contributed by atoms with Crippen LogP contribution in [0.1, 0.15) is 69.7 Å². The normalized spacial score (nSPS) is 8.62. The number of rotatable bonds is 1. The first kappa shape index (κ1) is 36.0. The second kappa shape index (κ2) is 18.4. The summed E-state index contributed by atoms with van der Waals surface area (Å²) in [6.45, 7) is 11.9. The molecule has 108 valence electrons. The van der Waals surface area contributed by atoms with Crippen molar-refractivity contribution in [3.05, 3.63) is 0 Å². The summed E-state index contributed by atoms with van der Waals surface area (Å²) in [5, 5.41) is 0. The summed E-state index contributed by atoms with van der Waals surface area (Å²) in [6.07, 6.45) is -3.92. The molecule has 0 amide bonds. The first-order valence-electron chi connectivity index (χ1n) is 4.88. The smallest absolute Gasteiger partial charge is 0.171 e. The van der Waals surface area contributed by atoms with Gasteiger partial charge < -0.3 is 0 Å². The fourth-order valence-corrected chi connectivity index (χ4v) is 0.200. The molecule has 0 N–H and O–H groups in total. The molecule has 0 saturated heterocycles. The molecule has 16 heavy (non-hydrogen) atoms. The molecule has 0 atom stereocenters. The molecule has 4 heteroatoms. The van der Waals surface area contributed by atoms with Crippen LogP contribution in [0.5, 0.6) is 0 Å². The maximum Gasteiger partial charge on any atom is 0.393 e. The van der Waals surface area contributed by atoms with Crippen LogP contribution >= 0.6 is 0 Å². The maximum absolute atomic E-state index is 11.8. The van der Waals surface area contributed by atoms with E-state index >= 15 is 0 Å². The largest absolute Gasteiger partial charge is 0.393 e. The van der Waals surface area contributed by atoms with E-state index in [4.69, 9.17) is 0 Å². The van der Waals surface area contributed by atoms with Crippen molar-refractivity contribution < 1.29 is 50.9 Å². The van der Waals surface area contributed by atoms with Crippen LogP contribution in [0.2, 0.25) is 0 Å². The van der Waals surface area contributed by atoms with Gasteiger partial charge in [0.15, 0.2) is 0 Å². The number of halogens is 3. The molecular formula is C12H31ArF3. The SMILES string of the molecule is C.C.CC.CC.CCC(C)(C)C(F)(F)F.[Ar]. The monoisotopic (exact) mass is 272 g/mol. The van der Waals surface area contributed by atoms with Gasteiger partial charge in [-0.1, -0.05) is 63.3 Å². The standard InChI is InChI=1S/C6H11F3.2C2H6.2CH4.Ar/c1-4-5(2,3)6(7,8)9;2*1-2;;;/h4H2,1-3H3;2*1-2H3;2*1H4;. The molecule has 0 aliphatic rings. The molecule has 0 unspecified atom stereocenters. The van der Waals surface area contributed by atoms with E-state index in [-0.39, 0.29) is 59.0 Å². The quantitative estimate of drug-likeness (QED) is 0.524. The molecule has 0 aliphatic carbocycles. The predicted octanol–water partition coefficient (Wildman–Crippen LogP) is 6.31. The molecule has 0 spiro atoms. The van der Waals surface area contributed by atoms with Gasteiger partial charge in [-0.2, -0.15) is 13.2 Å². The minimum absolute atomic E-state index is 0. The van der Waals surface area contributed by atoms with E-state index in [2.05, 4.69) is 0 Å². The van der Waals surface area contributed by atoms with E-state index in [1.165, 1.54) is 20.8 Å². The zero-order valence-electron chi connectivity index (χ0n) is 10.2. The van der Waals surface area contributed by atoms with Crippen molar-refractivity contribution in [3.63, 3.8) is 0 Å². The van der Waals surface area contributed by atoms with Crippen LogP contribution in [0.4, 0.5) is 13.2 Å². The molecule has 0 nitrogen and oxygen atoms in total. The van der Waals surface area contributed by atoms with Crippen LogP contribution in [0.15, 0.2) is 0 Å². The second-order valence-corrected chi connectivity index (χ2v) is 2.74. The zero-order chi connectivity index (χ0) is 11.7. The summed E-state index contributed by atoms with van der Waals surface area (Å²) < 4.78 is 35.5. The Hall–Kier alpha value is 1.05. The molecule has 0 aromatic carbocycles. The van der Waals surface area contributed by atoms with Crippen molar-refractivity contribution in [1.29, 1.82) is 0 Å². The van der Waals surface area contributed by atoms with Crippen LogP contribution in [0, 0.1) is 43.2 Å². The Morgan fingerprint density at radius 2 is 1.00 bits per heavy atom. The minimum Gasteiger partial charge on any atom is -0.171 e. The molecule has 0 saturated carbocycles. The number of hydrogen-bond acceptors (Lipinski definition) is 0. The Morgan fingerprint density at radius 1 is 0.812 bits per heavy atom. The van der Waals surface area contributed by atoms with E-state index in [9.17, 15) is 13.2 Å². The fourth-order valence-electron chi connectivity index (χ4n) is 0.200. The first-order valence-corrected chi connectivity index (χ1v) is 4.88. The third-order valence-corrected chi connectivity index (χ3v) is 1.65. The Bertz CT molecular complexity index is 98.9. The van der Waals surface area contributed by atoms with E-state index in [0.29, 0.717) is 0 Å². The van der Waals surface area contributed by atoms with E-state index < -0.39 is 11.6 Å². The van der Waals surface area contributed by atoms with E-state index in [1.807, 2.05) is 27.7 Å². The van der Waals surface area contributed by atoms with Gasteiger partial charge in [-0.3, -0.25) is 0 Å². The van der Waals surface area contributed by atoms with Crippen molar-refractivity contribution in [3.8, 4) is 0 Å². The van der Waals surface area contributed by atoms with Gasteiger partial charge in [0.05, 0.1) is 5.41 Å². The van der Waals surface area contributed by atoms with Gasteiger partial charge >= 0.3 is 6.18 Å². The minimum atomic E-state index is -4.05. The van der Waals surface area contributed by atoms with Crippen LogP contribution in [0.3, 0.4) is 0 Å². The molecular weight excluding hydrogens is 241 g/mol. The summed E-state index contributed by atoms with van der Waals surface area (Å²) in [5.41, 5.74) is -1.52. The van der Waals surface area contributed by atoms with E-state index in [1.54, 1.807) is 0 Å². The molecule has 0 fully saturated rings. The zero-order valence-corrected chi connectivity index (χ0v) is 10.9. The predicted molar refractivity (Wildman–Crippen MR) is 66.3 cm³/mol. The average molecular weight is 272 g/mol. The van der Waals surface area contributed by atoms with Crippen LogP contribution in [-0.2, 0) is 0 Å². The van der Waals surface area contributed by atoms with Gasteiger partial charge in [0.25, 0.3) is 0 Å². The van der Waals surface area contributed by atoms with Crippen LogP contribution in [-0.4, -0.2) is 6.18 Å². The van der Waals surface area contributed by atoms with Crippen molar-refractivity contribution in [2.45, 2.75) is 75.9 Å². The molecule has 0 aromatic rings. The third kappa shape index (κ3) is 17.4. The van der Waals surface area contributed by atoms with Crippen molar-refractivity contribution in [1.82, 2.24) is 0 Å². The topological polar surface area (TPSA) is 0 Å². The molecule has 0 heterocycles. The number of alkyl halides is 3. The Balaban J connectivity index is -0.0000000321. The van der Waals surface area contributed by atoms with Crippen LogP contribution in [0.25, 0.3) is 0 Å². The van der Waals surface area contributed by atoms with Gasteiger partial charge in [-0.25, -0.2) is 0 Å². The van der Waals surface area contributed by atoms with Gasteiger partial charge in [0.1, 0.15) is 0 Å². The molecule has 0 aromatic heterocycles. The number of hydrogen-bond donors (Lipinski definition) is 0. The van der Waals surface area contributed by atoms with Crippen molar-refractivity contribution in [2.24, 2.45) is 5.41 Å². The molecule has 0 rings (SSSR count). The molecule has 0 radical (unpaired) electrons. The maximum atomic E-state index is 11.8. The summed E-state index contributed by atoms with van der Waals surface area (Å²) in [5.74, 6) is 0. The third-order valence-electron chi connectivity index (χ3n) is 1.65. The van der Waals surface area contributed by atoms with Gasteiger partial charge in [0, 0.05) is 37.7 Å². The Kier molecular flexibility index (Phi) is 41.4. The Morgan fingerprint density at radius 3 is 1.00 bits per heavy atom. The summed E-state index contributed by atoms with van der Waals surface area (Å²) in [7, 11) is 0. The Labute approximate surface area is 131 Å². The molecule has 0 aliphatic heterocycles. The van der Waals surface area contributed by atoms with Crippen molar-refractivity contribution >= 4 is 0 Å². The average Bonchev–Trinajstić information content (AvgIpc) is 2.10. The summed E-state index contributed by atoms with van der Waals surface area (Å²) in [6, 6.07) is 0. The first-order chi connectivity index (χ1) is 5.81. The van der Waals surface area contributed by atoms with Gasteiger partial charge in [-0.05, 0) is 6.42 Å². The fraction of sp³-hybridized carbons (Fsp3) is 1.00. The van der Waals surface area contributed by atoms with Gasteiger partial charge in [-0.15, -0.1) is 0 Å². The van der Waals surface area contributed by atoms with E-state index in [0.717, 1.165) is 0 Å². The summed E-state index contributed by atoms with van der Waals surface area (Å²) in [4.78, 5) is 0. The van der Waals surface area contributed by atoms with Crippen molar-refractivity contribution in [2.75, 3.05) is 0 Å². The van der Waals surface area contributed by atoms with Gasteiger partial charge in [0.2, 0.25) is 0 Å². The summed E-state index contributed by atoms with van der Waals surface area (Å²) >= 11 is 0.